The number of halogens is 1. The van der Waals surface area contributed by atoms with E-state index in [1.807, 2.05) is 25.1 Å². The third-order valence-electron chi connectivity index (χ3n) is 4.95. The molecule has 0 atom stereocenters. The Morgan fingerprint density at radius 2 is 1.97 bits per heavy atom. The van der Waals surface area contributed by atoms with Gasteiger partial charge in [-0.2, -0.15) is 0 Å². The predicted molar refractivity (Wildman–Crippen MR) is 135 cm³/mol. The molecule has 1 amide bonds. The van der Waals surface area contributed by atoms with Crippen molar-refractivity contribution in [3.8, 4) is 17.2 Å². The molecule has 0 unspecified atom stereocenters. The van der Waals surface area contributed by atoms with Crippen LogP contribution >= 0.6 is 23.8 Å². The second-order valence-corrected chi connectivity index (χ2v) is 8.05. The van der Waals surface area contributed by atoms with Crippen LogP contribution in [0.4, 0.5) is 5.69 Å². The summed E-state index contributed by atoms with van der Waals surface area (Å²) < 4.78 is 11.4. The third-order valence-corrected chi connectivity index (χ3v) is 5.48. The molecule has 0 aliphatic rings. The lowest BCUT2D eigenvalue weighted by atomic mass is 10.1. The van der Waals surface area contributed by atoms with Crippen LogP contribution in [0, 0.1) is 0 Å². The lowest BCUT2D eigenvalue weighted by Gasteiger charge is -2.11. The number of hydrogen-bond acceptors (Lipinski definition) is 5. The van der Waals surface area contributed by atoms with Crippen LogP contribution in [-0.4, -0.2) is 22.6 Å². The van der Waals surface area contributed by atoms with E-state index in [1.165, 1.54) is 5.56 Å². The van der Waals surface area contributed by atoms with Gasteiger partial charge >= 0.3 is 0 Å². The predicted octanol–water partition coefficient (Wildman–Crippen LogP) is 6.24. The van der Waals surface area contributed by atoms with Crippen LogP contribution in [0.1, 0.15) is 29.8 Å². The van der Waals surface area contributed by atoms with Crippen molar-refractivity contribution in [1.82, 2.24) is 10.3 Å². The summed E-state index contributed by atoms with van der Waals surface area (Å²) in [5.74, 6) is 0.694. The van der Waals surface area contributed by atoms with E-state index < -0.39 is 0 Å². The summed E-state index contributed by atoms with van der Waals surface area (Å²) in [6.45, 7) is 4.49. The van der Waals surface area contributed by atoms with E-state index in [4.69, 9.17) is 33.0 Å². The summed E-state index contributed by atoms with van der Waals surface area (Å²) in [7, 11) is 0. The monoisotopic (exact) mass is 479 g/mol. The SMILES string of the molecule is CCOc1cccc(C(=O)NC(=S)Nc2ccc(Cl)c(-c3nc4cc(CC)ccc4o3)c2)c1. The van der Waals surface area contributed by atoms with Crippen molar-refractivity contribution < 1.29 is 13.9 Å². The zero-order chi connectivity index (χ0) is 23.4. The van der Waals surface area contributed by atoms with Gasteiger partial charge in [0.1, 0.15) is 11.3 Å². The molecule has 3 aromatic carbocycles. The molecule has 6 nitrogen and oxygen atoms in total. The second-order valence-electron chi connectivity index (χ2n) is 7.24. The molecule has 2 N–H and O–H groups in total. The number of aryl methyl sites for hydroxylation is 1. The Bertz CT molecular complexity index is 1340. The Morgan fingerprint density at radius 1 is 1.12 bits per heavy atom. The number of ether oxygens (including phenoxy) is 1. The van der Waals surface area contributed by atoms with Gasteiger partial charge in [-0.15, -0.1) is 0 Å². The first-order valence-corrected chi connectivity index (χ1v) is 11.3. The van der Waals surface area contributed by atoms with E-state index in [2.05, 4.69) is 22.5 Å². The number of carbonyl (C=O) groups excluding carboxylic acids is 1. The van der Waals surface area contributed by atoms with E-state index in [-0.39, 0.29) is 11.0 Å². The molecule has 168 valence electrons. The van der Waals surface area contributed by atoms with Gasteiger partial charge in [0, 0.05) is 11.3 Å². The topological polar surface area (TPSA) is 76.4 Å². The lowest BCUT2D eigenvalue weighted by Crippen LogP contribution is -2.34. The summed E-state index contributed by atoms with van der Waals surface area (Å²) >= 11 is 11.7. The number of anilines is 1. The number of amides is 1. The zero-order valence-corrected chi connectivity index (χ0v) is 19.7. The fraction of sp³-hybridized carbons (Fsp3) is 0.160. The van der Waals surface area contributed by atoms with Gasteiger partial charge in [-0.25, -0.2) is 4.98 Å². The molecule has 4 aromatic rings. The number of aromatic nitrogens is 1. The number of hydrogen-bond donors (Lipinski definition) is 2. The molecule has 0 aliphatic heterocycles. The number of benzene rings is 3. The fourth-order valence-electron chi connectivity index (χ4n) is 3.31. The Labute approximate surface area is 201 Å². The second kappa shape index (κ2) is 10.0. The highest BCUT2D eigenvalue weighted by molar-refractivity contribution is 7.80. The maximum absolute atomic E-state index is 12.6. The quantitative estimate of drug-likeness (QED) is 0.319. The molecular weight excluding hydrogens is 458 g/mol. The van der Waals surface area contributed by atoms with Crippen LogP contribution in [0.3, 0.4) is 0 Å². The molecule has 33 heavy (non-hydrogen) atoms. The van der Waals surface area contributed by atoms with E-state index in [0.717, 1.165) is 11.9 Å². The largest absolute Gasteiger partial charge is 0.494 e. The van der Waals surface area contributed by atoms with E-state index in [9.17, 15) is 4.79 Å². The average Bonchev–Trinajstić information content (AvgIpc) is 3.23. The van der Waals surface area contributed by atoms with Crippen LogP contribution in [0.25, 0.3) is 22.6 Å². The molecule has 8 heteroatoms. The summed E-state index contributed by atoms with van der Waals surface area (Å²) in [4.78, 5) is 17.1. The van der Waals surface area contributed by atoms with Gasteiger partial charge in [0.05, 0.1) is 17.2 Å². The van der Waals surface area contributed by atoms with Gasteiger partial charge in [-0.05, 0) is 79.7 Å². The maximum atomic E-state index is 12.6. The Morgan fingerprint density at radius 3 is 2.76 bits per heavy atom. The number of nitrogens with zero attached hydrogens (tertiary/aromatic N) is 1. The Kier molecular flexibility index (Phi) is 6.91. The molecular formula is C25H22ClN3O3S. The average molecular weight is 480 g/mol. The van der Waals surface area contributed by atoms with Crippen molar-refractivity contribution in [2.75, 3.05) is 11.9 Å². The van der Waals surface area contributed by atoms with Crippen LogP contribution in [-0.2, 0) is 6.42 Å². The number of oxazole rings is 1. The molecule has 0 bridgehead atoms. The van der Waals surface area contributed by atoms with Crippen LogP contribution in [0.15, 0.2) is 65.1 Å². The number of thiocarbonyl (C=S) groups is 1. The minimum atomic E-state index is -0.339. The first-order chi connectivity index (χ1) is 16.0. The summed E-state index contributed by atoms with van der Waals surface area (Å²) in [5.41, 5.74) is 4.34. The van der Waals surface area contributed by atoms with Gasteiger partial charge < -0.3 is 14.5 Å². The minimum Gasteiger partial charge on any atom is -0.494 e. The number of fused-ring (bicyclic) bond motifs is 1. The smallest absolute Gasteiger partial charge is 0.257 e. The molecule has 1 aromatic heterocycles. The normalized spacial score (nSPS) is 10.8. The molecule has 4 rings (SSSR count). The van der Waals surface area contributed by atoms with Gasteiger partial charge in [-0.1, -0.05) is 30.7 Å². The fourth-order valence-corrected chi connectivity index (χ4v) is 3.72. The van der Waals surface area contributed by atoms with Crippen LogP contribution < -0.4 is 15.4 Å². The van der Waals surface area contributed by atoms with Crippen molar-refractivity contribution in [2.24, 2.45) is 0 Å². The highest BCUT2D eigenvalue weighted by Gasteiger charge is 2.14. The van der Waals surface area contributed by atoms with Crippen LogP contribution in [0.2, 0.25) is 5.02 Å². The molecule has 0 aliphatic carbocycles. The number of rotatable bonds is 6. The molecule has 0 spiro atoms. The molecule has 0 saturated carbocycles. The molecule has 0 fully saturated rings. The standard InChI is InChI=1S/C25H22ClN3O3S/c1-3-15-8-11-22-21(12-15)28-24(32-22)19-14-17(9-10-20(19)26)27-25(33)29-23(30)16-6-5-7-18(13-16)31-4-2/h5-14H,3-4H2,1-2H3,(H2,27,29,30,33). The number of nitrogens with one attached hydrogen (secondary N) is 2. The molecule has 1 heterocycles. The van der Waals surface area contributed by atoms with Gasteiger partial charge in [-0.3, -0.25) is 10.1 Å². The van der Waals surface area contributed by atoms with Crippen molar-refractivity contribution >= 4 is 51.6 Å². The van der Waals surface area contributed by atoms with Crippen molar-refractivity contribution in [3.63, 3.8) is 0 Å². The van der Waals surface area contributed by atoms with Crippen LogP contribution in [0.5, 0.6) is 5.75 Å². The van der Waals surface area contributed by atoms with Gasteiger partial charge in [0.2, 0.25) is 5.89 Å². The summed E-state index contributed by atoms with van der Waals surface area (Å²) in [6, 6.07) is 18.1. The summed E-state index contributed by atoms with van der Waals surface area (Å²) in [5, 5.41) is 6.33. The number of carbonyl (C=O) groups is 1. The minimum absolute atomic E-state index is 0.153. The zero-order valence-electron chi connectivity index (χ0n) is 18.1. The van der Waals surface area contributed by atoms with E-state index in [1.54, 1.807) is 42.5 Å². The van der Waals surface area contributed by atoms with Gasteiger partial charge in [0.25, 0.3) is 5.91 Å². The Balaban J connectivity index is 1.50. The summed E-state index contributed by atoms with van der Waals surface area (Å²) in [6.07, 6.45) is 0.914. The first kappa shape index (κ1) is 22.8. The molecule has 0 radical (unpaired) electrons. The first-order valence-electron chi connectivity index (χ1n) is 10.5. The van der Waals surface area contributed by atoms with E-state index in [0.29, 0.717) is 45.7 Å². The van der Waals surface area contributed by atoms with Crippen molar-refractivity contribution in [3.05, 3.63) is 76.8 Å². The Hall–Kier alpha value is -3.42. The van der Waals surface area contributed by atoms with Gasteiger partial charge in [0.15, 0.2) is 10.7 Å². The van der Waals surface area contributed by atoms with E-state index >= 15 is 0 Å². The highest BCUT2D eigenvalue weighted by Crippen LogP contribution is 2.32. The highest BCUT2D eigenvalue weighted by atomic mass is 35.5. The maximum Gasteiger partial charge on any atom is 0.257 e. The lowest BCUT2D eigenvalue weighted by molar-refractivity contribution is 0.0977. The van der Waals surface area contributed by atoms with Crippen molar-refractivity contribution in [1.29, 1.82) is 0 Å². The molecule has 0 saturated heterocycles. The van der Waals surface area contributed by atoms with Crippen molar-refractivity contribution in [2.45, 2.75) is 20.3 Å². The third kappa shape index (κ3) is 5.32.